The summed E-state index contributed by atoms with van der Waals surface area (Å²) >= 11 is 1.92. The molecule has 1 saturated heterocycles. The minimum absolute atomic E-state index is 0.385. The van der Waals surface area contributed by atoms with Crippen LogP contribution in [-0.2, 0) is 0 Å². The molecule has 0 radical (unpaired) electrons. The van der Waals surface area contributed by atoms with Gasteiger partial charge in [0.25, 0.3) is 0 Å². The molecule has 0 spiro atoms. The maximum atomic E-state index is 3.53. The van der Waals surface area contributed by atoms with Crippen LogP contribution in [-0.4, -0.2) is 36.7 Å². The quantitative estimate of drug-likeness (QED) is 0.656. The first-order valence-corrected chi connectivity index (χ1v) is 5.36. The number of rotatable bonds is 4. The lowest BCUT2D eigenvalue weighted by Crippen LogP contribution is -2.57. The number of nitrogens with one attached hydrogen (secondary N) is 2. The zero-order valence-electron chi connectivity index (χ0n) is 7.61. The van der Waals surface area contributed by atoms with Crippen LogP contribution in [0.4, 0.5) is 0 Å². The van der Waals surface area contributed by atoms with Crippen molar-refractivity contribution in [1.29, 1.82) is 0 Å². The van der Waals surface area contributed by atoms with Gasteiger partial charge in [-0.25, -0.2) is 0 Å². The van der Waals surface area contributed by atoms with Crippen molar-refractivity contribution >= 4 is 11.8 Å². The van der Waals surface area contributed by atoms with E-state index in [4.69, 9.17) is 0 Å². The van der Waals surface area contributed by atoms with E-state index >= 15 is 0 Å². The van der Waals surface area contributed by atoms with Gasteiger partial charge in [0, 0.05) is 30.4 Å². The molecular formula is C8H18N2S. The van der Waals surface area contributed by atoms with Crippen molar-refractivity contribution in [3.63, 3.8) is 0 Å². The zero-order chi connectivity index (χ0) is 8.32. The van der Waals surface area contributed by atoms with Gasteiger partial charge in [-0.3, -0.25) is 0 Å². The molecule has 0 amide bonds. The Morgan fingerprint density at radius 3 is 2.55 bits per heavy atom. The Balaban J connectivity index is 2.09. The molecule has 0 aromatic heterocycles. The Hall–Kier alpha value is 0.270. The van der Waals surface area contributed by atoms with Gasteiger partial charge in [0.2, 0.25) is 0 Å². The lowest BCUT2D eigenvalue weighted by atomic mass is 10.1. The highest BCUT2D eigenvalue weighted by molar-refractivity contribution is 7.99. The van der Waals surface area contributed by atoms with E-state index in [1.54, 1.807) is 0 Å². The van der Waals surface area contributed by atoms with Gasteiger partial charge >= 0.3 is 0 Å². The van der Waals surface area contributed by atoms with Gasteiger partial charge in [-0.1, -0.05) is 0 Å². The first kappa shape index (κ1) is 9.36. The van der Waals surface area contributed by atoms with Gasteiger partial charge < -0.3 is 10.6 Å². The standard InChI is InChI=1S/C8H18N2S/c1-8(2,11-3)6-10-7-4-9-5-7/h7,9-10H,4-6H2,1-3H3. The average Bonchev–Trinajstić information content (AvgIpc) is 1.84. The third-order valence-corrected chi connectivity index (χ3v) is 3.40. The van der Waals surface area contributed by atoms with Gasteiger partial charge in [0.15, 0.2) is 0 Å². The molecule has 1 heterocycles. The molecule has 0 unspecified atom stereocenters. The van der Waals surface area contributed by atoms with Gasteiger partial charge in [0.05, 0.1) is 0 Å². The van der Waals surface area contributed by atoms with E-state index in [-0.39, 0.29) is 0 Å². The SMILES string of the molecule is CSC(C)(C)CNC1CNC1. The summed E-state index contributed by atoms with van der Waals surface area (Å²) in [6.07, 6.45) is 2.17. The van der Waals surface area contributed by atoms with Gasteiger partial charge in [-0.2, -0.15) is 11.8 Å². The molecule has 1 aliphatic heterocycles. The summed E-state index contributed by atoms with van der Waals surface area (Å²) in [6, 6.07) is 0.724. The molecule has 0 aromatic rings. The third-order valence-electron chi connectivity index (χ3n) is 2.15. The topological polar surface area (TPSA) is 24.1 Å². The lowest BCUT2D eigenvalue weighted by molar-refractivity contribution is 0.357. The summed E-state index contributed by atoms with van der Waals surface area (Å²) in [5.41, 5.74) is 0. The van der Waals surface area contributed by atoms with Gasteiger partial charge in [-0.15, -0.1) is 0 Å². The van der Waals surface area contributed by atoms with E-state index in [9.17, 15) is 0 Å². The normalized spacial score (nSPS) is 19.9. The van der Waals surface area contributed by atoms with E-state index in [2.05, 4.69) is 30.7 Å². The van der Waals surface area contributed by atoms with Crippen LogP contribution in [0.2, 0.25) is 0 Å². The van der Waals surface area contributed by atoms with Crippen molar-refractivity contribution < 1.29 is 0 Å². The molecule has 0 bridgehead atoms. The van der Waals surface area contributed by atoms with Gasteiger partial charge in [-0.05, 0) is 20.1 Å². The Morgan fingerprint density at radius 2 is 2.18 bits per heavy atom. The zero-order valence-corrected chi connectivity index (χ0v) is 8.42. The number of thioether (sulfide) groups is 1. The Morgan fingerprint density at radius 1 is 1.55 bits per heavy atom. The molecule has 1 rings (SSSR count). The molecule has 3 heteroatoms. The summed E-state index contributed by atoms with van der Waals surface area (Å²) < 4.78 is 0.385. The molecule has 2 nitrogen and oxygen atoms in total. The smallest absolute Gasteiger partial charge is 0.0318 e. The minimum Gasteiger partial charge on any atom is -0.314 e. The predicted octanol–water partition coefficient (Wildman–Crippen LogP) is 0.689. The monoisotopic (exact) mass is 174 g/mol. The van der Waals surface area contributed by atoms with Crippen LogP contribution >= 0.6 is 11.8 Å². The molecule has 2 N–H and O–H groups in total. The highest BCUT2D eigenvalue weighted by atomic mass is 32.2. The number of hydrogen-bond donors (Lipinski definition) is 2. The molecule has 0 saturated carbocycles. The Labute approximate surface area is 73.5 Å². The van der Waals surface area contributed by atoms with Crippen LogP contribution in [0.1, 0.15) is 13.8 Å². The predicted molar refractivity (Wildman–Crippen MR) is 52.3 cm³/mol. The van der Waals surface area contributed by atoms with Crippen LogP contribution in [0, 0.1) is 0 Å². The summed E-state index contributed by atoms with van der Waals surface area (Å²) in [7, 11) is 0. The van der Waals surface area contributed by atoms with Crippen molar-refractivity contribution in [3.05, 3.63) is 0 Å². The Bertz CT molecular complexity index is 121. The average molecular weight is 174 g/mol. The van der Waals surface area contributed by atoms with Crippen molar-refractivity contribution in [1.82, 2.24) is 10.6 Å². The Kier molecular flexibility index (Phi) is 3.22. The van der Waals surface area contributed by atoms with Gasteiger partial charge in [0.1, 0.15) is 0 Å². The van der Waals surface area contributed by atoms with Crippen LogP contribution in [0.15, 0.2) is 0 Å². The molecule has 0 aromatic carbocycles. The third kappa shape index (κ3) is 3.01. The molecule has 1 aliphatic rings. The fourth-order valence-electron chi connectivity index (χ4n) is 0.895. The van der Waals surface area contributed by atoms with Crippen molar-refractivity contribution in [2.24, 2.45) is 0 Å². The maximum absolute atomic E-state index is 3.53. The second-order valence-corrected chi connectivity index (χ2v) is 5.21. The van der Waals surface area contributed by atoms with Crippen molar-refractivity contribution in [2.75, 3.05) is 25.9 Å². The van der Waals surface area contributed by atoms with Crippen molar-refractivity contribution in [2.45, 2.75) is 24.6 Å². The second-order valence-electron chi connectivity index (χ2n) is 3.70. The van der Waals surface area contributed by atoms with E-state index < -0.39 is 0 Å². The lowest BCUT2D eigenvalue weighted by Gasteiger charge is -2.32. The summed E-state index contributed by atoms with van der Waals surface area (Å²) in [5.74, 6) is 0. The number of hydrogen-bond acceptors (Lipinski definition) is 3. The van der Waals surface area contributed by atoms with Crippen LogP contribution in [0.5, 0.6) is 0 Å². The fourth-order valence-corrected chi connectivity index (χ4v) is 1.12. The second kappa shape index (κ2) is 3.78. The molecule has 11 heavy (non-hydrogen) atoms. The summed E-state index contributed by atoms with van der Waals surface area (Å²) in [6.45, 7) is 7.95. The maximum Gasteiger partial charge on any atom is 0.0318 e. The van der Waals surface area contributed by atoms with E-state index in [1.807, 2.05) is 11.8 Å². The highest BCUT2D eigenvalue weighted by Gasteiger charge is 2.21. The largest absolute Gasteiger partial charge is 0.314 e. The molecular weight excluding hydrogens is 156 g/mol. The van der Waals surface area contributed by atoms with E-state index in [0.29, 0.717) is 4.75 Å². The highest BCUT2D eigenvalue weighted by Crippen LogP contribution is 2.19. The molecule has 0 atom stereocenters. The van der Waals surface area contributed by atoms with Crippen LogP contribution in [0.25, 0.3) is 0 Å². The minimum atomic E-state index is 0.385. The van der Waals surface area contributed by atoms with E-state index in [0.717, 1.165) is 25.7 Å². The van der Waals surface area contributed by atoms with Crippen molar-refractivity contribution in [3.8, 4) is 0 Å². The fraction of sp³-hybridized carbons (Fsp3) is 1.00. The van der Waals surface area contributed by atoms with Crippen LogP contribution < -0.4 is 10.6 Å². The summed E-state index contributed by atoms with van der Waals surface area (Å²) in [4.78, 5) is 0. The molecule has 66 valence electrons. The summed E-state index contributed by atoms with van der Waals surface area (Å²) in [5, 5.41) is 6.77. The molecule has 1 fully saturated rings. The first-order valence-electron chi connectivity index (χ1n) is 4.13. The van der Waals surface area contributed by atoms with Crippen LogP contribution in [0.3, 0.4) is 0 Å². The molecule has 0 aliphatic carbocycles. The van der Waals surface area contributed by atoms with E-state index in [1.165, 1.54) is 0 Å². The first-order chi connectivity index (χ1) is 5.14.